The van der Waals surface area contributed by atoms with Crippen LogP contribution in [0.5, 0.6) is 0 Å². The highest BCUT2D eigenvalue weighted by atomic mass is 79.9. The lowest BCUT2D eigenvalue weighted by Crippen LogP contribution is -2.46. The molecule has 0 bridgehead atoms. The third-order valence-corrected chi connectivity index (χ3v) is 8.00. The van der Waals surface area contributed by atoms with E-state index in [9.17, 15) is 4.57 Å². The van der Waals surface area contributed by atoms with E-state index in [0.29, 0.717) is 0 Å². The molecule has 0 aromatic carbocycles. The van der Waals surface area contributed by atoms with Gasteiger partial charge in [0, 0.05) is 11.2 Å². The van der Waals surface area contributed by atoms with E-state index in [1.54, 1.807) is 0 Å². The molecule has 0 amide bonds. The number of phosphoric ester groups is 1. The monoisotopic (exact) mass is 456 g/mol. The number of halogens is 3. The fourth-order valence-electron chi connectivity index (χ4n) is 1.58. The number of hydrogen-bond donors (Lipinski definition) is 2. The lowest BCUT2D eigenvalue weighted by molar-refractivity contribution is 0.0627. The molecule has 3 unspecified atom stereocenters. The van der Waals surface area contributed by atoms with E-state index >= 15 is 0 Å². The van der Waals surface area contributed by atoms with Gasteiger partial charge in [-0.25, -0.2) is 4.57 Å². The summed E-state index contributed by atoms with van der Waals surface area (Å²) >= 11 is 13.5. The predicted molar refractivity (Wildman–Crippen MR) is 90.7 cm³/mol. The quantitative estimate of drug-likeness (QED) is 0.447. The third-order valence-electron chi connectivity index (χ3n) is 2.81. The summed E-state index contributed by atoms with van der Waals surface area (Å²) in [5, 5.41) is -1.52. The molecule has 0 rings (SSSR count). The van der Waals surface area contributed by atoms with Gasteiger partial charge in [-0.2, -0.15) is 0 Å². The van der Waals surface area contributed by atoms with Crippen molar-refractivity contribution in [2.24, 2.45) is 10.8 Å². The molecule has 0 spiro atoms. The van der Waals surface area contributed by atoms with E-state index in [1.807, 2.05) is 41.5 Å². The van der Waals surface area contributed by atoms with Crippen LogP contribution in [0.2, 0.25) is 0 Å². The maximum absolute atomic E-state index is 11.3. The van der Waals surface area contributed by atoms with Crippen LogP contribution in [-0.2, 0) is 9.09 Å². The van der Waals surface area contributed by atoms with Gasteiger partial charge in [-0.15, -0.1) is 0 Å². The van der Waals surface area contributed by atoms with Crippen LogP contribution < -0.4 is 0 Å². The van der Waals surface area contributed by atoms with E-state index < -0.39 is 17.7 Å². The third kappa shape index (κ3) is 7.08. The van der Waals surface area contributed by atoms with E-state index in [2.05, 4.69) is 31.9 Å². The largest absolute Gasteiger partial charge is 0.471 e. The molecule has 0 aromatic rings. The molecule has 8 heteroatoms. The molecule has 3 atom stereocenters. The highest BCUT2D eigenvalue weighted by Gasteiger charge is 2.49. The summed E-state index contributed by atoms with van der Waals surface area (Å²) in [7, 11) is -4.70. The average molecular weight is 459 g/mol. The second-order valence-corrected chi connectivity index (χ2v) is 11.0. The molecule has 0 aliphatic heterocycles. The summed E-state index contributed by atoms with van der Waals surface area (Å²) in [6.45, 7) is 11.8. The molecule has 2 N–H and O–H groups in total. The topological polar surface area (TPSA) is 66.8 Å². The molecular weight excluding hydrogens is 434 g/mol. The van der Waals surface area contributed by atoms with Gasteiger partial charge in [0.05, 0.1) is 4.83 Å². The van der Waals surface area contributed by atoms with Gasteiger partial charge in [0.25, 0.3) is 0 Å². The Morgan fingerprint density at radius 2 is 1.50 bits per heavy atom. The van der Waals surface area contributed by atoms with Crippen molar-refractivity contribution < 1.29 is 18.9 Å². The molecular formula is C12H24Br2ClO4P. The first-order valence-electron chi connectivity index (χ1n) is 6.22. The summed E-state index contributed by atoms with van der Waals surface area (Å²) in [4.78, 5) is 17.8. The summed E-state index contributed by atoms with van der Waals surface area (Å²) in [5.41, 5.74) is -0.454. The minimum Gasteiger partial charge on any atom is -0.303 e. The van der Waals surface area contributed by atoms with E-state index in [4.69, 9.17) is 25.9 Å². The molecule has 0 fully saturated rings. The van der Waals surface area contributed by atoms with Crippen molar-refractivity contribution in [3.8, 4) is 0 Å². The summed E-state index contributed by atoms with van der Waals surface area (Å²) in [5.74, 6) is 0. The molecule has 0 saturated carbocycles. The fourth-order valence-corrected chi connectivity index (χ4v) is 4.00. The van der Waals surface area contributed by atoms with Gasteiger partial charge in [0.1, 0.15) is 0 Å². The maximum Gasteiger partial charge on any atom is 0.471 e. The van der Waals surface area contributed by atoms with E-state index in [0.717, 1.165) is 0 Å². The van der Waals surface area contributed by atoms with Crippen LogP contribution in [0.25, 0.3) is 0 Å². The van der Waals surface area contributed by atoms with Gasteiger partial charge < -0.3 is 9.79 Å². The van der Waals surface area contributed by atoms with Gasteiger partial charge in [-0.05, 0) is 10.8 Å². The van der Waals surface area contributed by atoms with Crippen molar-refractivity contribution >= 4 is 51.3 Å². The van der Waals surface area contributed by atoms with Crippen LogP contribution >= 0.6 is 51.3 Å². The Kier molecular flexibility index (Phi) is 7.32. The molecule has 0 radical (unpaired) electrons. The average Bonchev–Trinajstić information content (AvgIpc) is 2.10. The van der Waals surface area contributed by atoms with Crippen molar-refractivity contribution in [1.29, 1.82) is 0 Å². The molecule has 20 heavy (non-hydrogen) atoms. The maximum atomic E-state index is 11.3. The number of hydrogen-bond acceptors (Lipinski definition) is 2. The number of phosphoric acid groups is 1. The Labute approximate surface area is 143 Å². The van der Waals surface area contributed by atoms with Crippen molar-refractivity contribution in [2.45, 2.75) is 62.7 Å². The number of rotatable bonds is 5. The van der Waals surface area contributed by atoms with Crippen LogP contribution in [0.4, 0.5) is 0 Å². The molecule has 0 aliphatic rings. The van der Waals surface area contributed by atoms with Crippen molar-refractivity contribution in [2.75, 3.05) is 0 Å². The second-order valence-electron chi connectivity index (χ2n) is 7.13. The zero-order valence-corrected chi connectivity index (χ0v) is 17.5. The SMILES string of the molecule is CC(C)(C)C(Br)CC(Cl)(OP(=O)(O)O)C(Br)C(C)(C)C. The Hall–Kier alpha value is 1.36. The van der Waals surface area contributed by atoms with Crippen molar-refractivity contribution in [3.63, 3.8) is 0 Å². The van der Waals surface area contributed by atoms with E-state index in [1.165, 1.54) is 0 Å². The Morgan fingerprint density at radius 3 is 1.75 bits per heavy atom. The van der Waals surface area contributed by atoms with Gasteiger partial charge in [0.15, 0.2) is 5.06 Å². The summed E-state index contributed by atoms with van der Waals surface area (Å²) in [6.07, 6.45) is 0.246. The lowest BCUT2D eigenvalue weighted by atomic mass is 9.83. The Bertz CT molecular complexity index is 375. The van der Waals surface area contributed by atoms with Crippen molar-refractivity contribution in [1.82, 2.24) is 0 Å². The first kappa shape index (κ1) is 21.4. The van der Waals surface area contributed by atoms with Gasteiger partial charge in [-0.1, -0.05) is 85.0 Å². The molecule has 122 valence electrons. The van der Waals surface area contributed by atoms with Crippen LogP contribution in [0, 0.1) is 10.8 Å². The summed E-state index contributed by atoms with van der Waals surface area (Å²) in [6, 6.07) is 0. The van der Waals surface area contributed by atoms with Crippen LogP contribution in [0.1, 0.15) is 48.0 Å². The van der Waals surface area contributed by atoms with Gasteiger partial charge in [0.2, 0.25) is 0 Å². The first-order chi connectivity index (χ1) is 8.49. The zero-order chi connectivity index (χ0) is 16.6. The number of alkyl halides is 3. The highest BCUT2D eigenvalue weighted by Crippen LogP contribution is 2.53. The minimum absolute atomic E-state index is 0.0681. The molecule has 0 heterocycles. The van der Waals surface area contributed by atoms with Crippen LogP contribution in [0.3, 0.4) is 0 Å². The van der Waals surface area contributed by atoms with Crippen LogP contribution in [-0.4, -0.2) is 24.5 Å². The lowest BCUT2D eigenvalue weighted by Gasteiger charge is -2.41. The van der Waals surface area contributed by atoms with Gasteiger partial charge >= 0.3 is 7.82 Å². The summed E-state index contributed by atoms with van der Waals surface area (Å²) < 4.78 is 16.2. The molecule has 0 aromatic heterocycles. The standard InChI is InChI=1S/C12H24Br2ClO4P/c1-10(2,3)8(13)7-12(15,19-20(16,17)18)9(14)11(4,5)6/h8-9H,7H2,1-6H3,(H2,16,17,18). The predicted octanol–water partition coefficient (Wildman–Crippen LogP) is 5.04. The Morgan fingerprint density at radius 1 is 1.10 bits per heavy atom. The van der Waals surface area contributed by atoms with Gasteiger partial charge in [-0.3, -0.25) is 4.52 Å². The Balaban J connectivity index is 5.44. The normalized spacial score (nSPS) is 20.4. The van der Waals surface area contributed by atoms with E-state index in [-0.39, 0.29) is 22.1 Å². The van der Waals surface area contributed by atoms with Crippen molar-refractivity contribution in [3.05, 3.63) is 0 Å². The zero-order valence-electron chi connectivity index (χ0n) is 12.7. The fraction of sp³-hybridized carbons (Fsp3) is 1.00. The van der Waals surface area contributed by atoms with Crippen LogP contribution in [0.15, 0.2) is 0 Å². The highest BCUT2D eigenvalue weighted by molar-refractivity contribution is 9.10. The minimum atomic E-state index is -4.70. The second kappa shape index (κ2) is 6.86. The molecule has 0 aliphatic carbocycles. The smallest absolute Gasteiger partial charge is 0.303 e. The molecule has 4 nitrogen and oxygen atoms in total. The first-order valence-corrected chi connectivity index (χ1v) is 9.96. The molecule has 0 saturated heterocycles.